The number of anilines is 1. The Morgan fingerprint density at radius 1 is 0.973 bits per heavy atom. The van der Waals surface area contributed by atoms with Gasteiger partial charge in [0.05, 0.1) is 11.6 Å². The minimum absolute atomic E-state index is 0.0713. The fourth-order valence-corrected chi connectivity index (χ4v) is 5.24. The van der Waals surface area contributed by atoms with Crippen LogP contribution in [0, 0.1) is 13.8 Å². The predicted molar refractivity (Wildman–Crippen MR) is 149 cm³/mol. The van der Waals surface area contributed by atoms with Crippen molar-refractivity contribution in [3.8, 4) is 0 Å². The number of benzene rings is 3. The average Bonchev–Trinajstić information content (AvgIpc) is 3.31. The maximum absolute atomic E-state index is 13.7. The van der Waals surface area contributed by atoms with Crippen LogP contribution in [0.1, 0.15) is 54.8 Å². The molecule has 1 aliphatic heterocycles. The van der Waals surface area contributed by atoms with Crippen LogP contribution in [0.15, 0.2) is 72.3 Å². The van der Waals surface area contributed by atoms with Gasteiger partial charge in [0.1, 0.15) is 5.76 Å². The Kier molecular flexibility index (Phi) is 5.99. The molecule has 4 aromatic rings. The smallest absolute Gasteiger partial charge is 0.300 e. The van der Waals surface area contributed by atoms with Gasteiger partial charge in [-0.05, 0) is 66.8 Å². The maximum Gasteiger partial charge on any atom is 0.300 e. The van der Waals surface area contributed by atoms with Crippen LogP contribution in [0.5, 0.6) is 0 Å². The average molecular weight is 513 g/mol. The third-order valence-electron chi connectivity index (χ3n) is 7.12. The number of carbonyl (C=O) groups excluding carboxylic acids is 2. The summed E-state index contributed by atoms with van der Waals surface area (Å²) < 4.78 is 0. The third-order valence-corrected chi connectivity index (χ3v) is 7.38. The van der Waals surface area contributed by atoms with E-state index >= 15 is 0 Å². The van der Waals surface area contributed by atoms with E-state index in [1.54, 1.807) is 24.3 Å². The molecule has 0 aliphatic carbocycles. The van der Waals surface area contributed by atoms with E-state index in [1.807, 2.05) is 56.3 Å². The monoisotopic (exact) mass is 512 g/mol. The second-order valence-electron chi connectivity index (χ2n) is 10.6. The number of aromatic amines is 1. The highest BCUT2D eigenvalue weighted by molar-refractivity contribution is 6.52. The number of hydrogen-bond donors (Lipinski definition) is 2. The lowest BCUT2D eigenvalue weighted by atomic mass is 9.84. The fourth-order valence-electron chi connectivity index (χ4n) is 5.11. The van der Waals surface area contributed by atoms with Crippen LogP contribution < -0.4 is 4.90 Å². The molecule has 188 valence electrons. The lowest BCUT2D eigenvalue weighted by Gasteiger charge is -2.26. The van der Waals surface area contributed by atoms with Crippen molar-refractivity contribution in [2.75, 3.05) is 4.90 Å². The first kappa shape index (κ1) is 24.8. The Morgan fingerprint density at radius 2 is 1.65 bits per heavy atom. The Balaban J connectivity index is 1.82. The summed E-state index contributed by atoms with van der Waals surface area (Å²) in [4.78, 5) is 32.1. The summed E-state index contributed by atoms with van der Waals surface area (Å²) in [6.45, 7) is 10.1. The first-order valence-corrected chi connectivity index (χ1v) is 12.6. The van der Waals surface area contributed by atoms with Gasteiger partial charge in [-0.3, -0.25) is 14.5 Å². The maximum atomic E-state index is 13.7. The molecule has 1 saturated heterocycles. The molecule has 0 radical (unpaired) electrons. The Morgan fingerprint density at radius 3 is 2.32 bits per heavy atom. The summed E-state index contributed by atoms with van der Waals surface area (Å²) >= 11 is 6.13. The van der Waals surface area contributed by atoms with Gasteiger partial charge >= 0.3 is 0 Å². The molecule has 1 atom stereocenters. The molecule has 0 spiro atoms. The van der Waals surface area contributed by atoms with Gasteiger partial charge in [0.25, 0.3) is 11.7 Å². The van der Waals surface area contributed by atoms with E-state index in [0.29, 0.717) is 16.3 Å². The van der Waals surface area contributed by atoms with Crippen molar-refractivity contribution in [2.45, 2.75) is 46.1 Å². The van der Waals surface area contributed by atoms with E-state index in [2.05, 4.69) is 25.8 Å². The molecule has 3 aromatic carbocycles. The second-order valence-corrected chi connectivity index (χ2v) is 11.1. The van der Waals surface area contributed by atoms with Crippen molar-refractivity contribution in [1.29, 1.82) is 0 Å². The van der Waals surface area contributed by atoms with E-state index in [1.165, 1.54) is 4.90 Å². The van der Waals surface area contributed by atoms with Gasteiger partial charge in [-0.1, -0.05) is 62.7 Å². The standard InChI is InChI=1S/C31H29ClN2O3/c1-17-10-11-19(31(3,4)5)16-23(17)28(35)26-27(25-18(2)33-24-9-7-6-8-22(24)25)34(30(37)29(26)36)21-14-12-20(32)13-15-21/h6-16,27,33,35H,1-5H3/b28-26+. The number of amides is 1. The van der Waals surface area contributed by atoms with Gasteiger partial charge in [0.15, 0.2) is 0 Å². The summed E-state index contributed by atoms with van der Waals surface area (Å²) in [5, 5.41) is 13.2. The molecule has 1 amide bonds. The molecule has 6 heteroatoms. The molecule has 1 aliphatic rings. The summed E-state index contributed by atoms with van der Waals surface area (Å²) in [7, 11) is 0. The highest BCUT2D eigenvalue weighted by atomic mass is 35.5. The third kappa shape index (κ3) is 4.13. The summed E-state index contributed by atoms with van der Waals surface area (Å²) in [6.07, 6.45) is 0. The molecule has 2 heterocycles. The van der Waals surface area contributed by atoms with Crippen molar-refractivity contribution in [3.63, 3.8) is 0 Å². The number of Topliss-reactive ketones (excluding diaryl/α,β-unsaturated/α-hetero) is 1. The van der Waals surface area contributed by atoms with Crippen LogP contribution in [-0.4, -0.2) is 21.8 Å². The number of para-hydroxylation sites is 1. The normalized spacial score (nSPS) is 17.7. The molecule has 1 aromatic heterocycles. The predicted octanol–water partition coefficient (Wildman–Crippen LogP) is 7.36. The Bertz CT molecular complexity index is 1590. The van der Waals surface area contributed by atoms with Crippen molar-refractivity contribution in [3.05, 3.63) is 105 Å². The molecular weight excluding hydrogens is 484 g/mol. The van der Waals surface area contributed by atoms with Gasteiger partial charge < -0.3 is 10.1 Å². The highest BCUT2D eigenvalue weighted by Crippen LogP contribution is 2.46. The van der Waals surface area contributed by atoms with Crippen LogP contribution in [0.2, 0.25) is 5.02 Å². The van der Waals surface area contributed by atoms with Crippen molar-refractivity contribution < 1.29 is 14.7 Å². The number of ketones is 1. The number of H-pyrrole nitrogens is 1. The number of rotatable bonds is 3. The van der Waals surface area contributed by atoms with Crippen LogP contribution >= 0.6 is 11.6 Å². The lowest BCUT2D eigenvalue weighted by molar-refractivity contribution is -0.132. The van der Waals surface area contributed by atoms with Gasteiger partial charge in [0.2, 0.25) is 0 Å². The minimum Gasteiger partial charge on any atom is -0.507 e. The molecule has 37 heavy (non-hydrogen) atoms. The molecule has 5 rings (SSSR count). The molecule has 2 N–H and O–H groups in total. The minimum atomic E-state index is -0.824. The number of aliphatic hydroxyl groups is 1. The fraction of sp³-hybridized carbons (Fsp3) is 0.226. The van der Waals surface area contributed by atoms with Crippen LogP contribution in [0.4, 0.5) is 5.69 Å². The van der Waals surface area contributed by atoms with Crippen molar-refractivity contribution in [2.24, 2.45) is 0 Å². The number of hydrogen-bond acceptors (Lipinski definition) is 3. The highest BCUT2D eigenvalue weighted by Gasteiger charge is 2.48. The number of fused-ring (bicyclic) bond motifs is 1. The lowest BCUT2D eigenvalue weighted by Crippen LogP contribution is -2.29. The second kappa shape index (κ2) is 8.93. The van der Waals surface area contributed by atoms with Gasteiger partial charge in [-0.2, -0.15) is 0 Å². The quantitative estimate of drug-likeness (QED) is 0.171. The number of nitrogens with one attached hydrogen (secondary N) is 1. The molecule has 5 nitrogen and oxygen atoms in total. The zero-order chi connectivity index (χ0) is 26.6. The van der Waals surface area contributed by atoms with Gasteiger partial charge in [-0.15, -0.1) is 0 Å². The molecule has 0 saturated carbocycles. The largest absolute Gasteiger partial charge is 0.507 e. The topological polar surface area (TPSA) is 73.4 Å². The first-order chi connectivity index (χ1) is 17.5. The van der Waals surface area contributed by atoms with Gasteiger partial charge in [-0.25, -0.2) is 0 Å². The first-order valence-electron chi connectivity index (χ1n) is 12.2. The van der Waals surface area contributed by atoms with Crippen LogP contribution in [-0.2, 0) is 15.0 Å². The summed E-state index contributed by atoms with van der Waals surface area (Å²) in [5.74, 6) is -1.58. The molecule has 1 unspecified atom stereocenters. The Labute approximate surface area is 221 Å². The van der Waals surface area contributed by atoms with Crippen molar-refractivity contribution in [1.82, 2.24) is 4.98 Å². The molecule has 1 fully saturated rings. The van der Waals surface area contributed by atoms with E-state index in [-0.39, 0.29) is 16.7 Å². The van der Waals surface area contributed by atoms with E-state index in [9.17, 15) is 14.7 Å². The number of aryl methyl sites for hydroxylation is 2. The van der Waals surface area contributed by atoms with Crippen molar-refractivity contribution >= 4 is 45.6 Å². The Hall–Kier alpha value is -3.83. The molecule has 0 bridgehead atoms. The van der Waals surface area contributed by atoms with E-state index < -0.39 is 17.7 Å². The zero-order valence-electron chi connectivity index (χ0n) is 21.5. The number of nitrogens with zero attached hydrogens (tertiary/aromatic N) is 1. The van der Waals surface area contributed by atoms with Crippen LogP contribution in [0.25, 0.3) is 16.7 Å². The number of aromatic nitrogens is 1. The van der Waals surface area contributed by atoms with E-state index in [4.69, 9.17) is 11.6 Å². The number of halogens is 1. The molecular formula is C31H29ClN2O3. The summed E-state index contributed by atoms with van der Waals surface area (Å²) in [6, 6.07) is 19.6. The zero-order valence-corrected chi connectivity index (χ0v) is 22.3. The SMILES string of the molecule is Cc1ccc(C(C)(C)C)cc1/C(O)=C1\C(=O)C(=O)N(c2ccc(Cl)cc2)C1c1c(C)[nH]c2ccccc12. The van der Waals surface area contributed by atoms with E-state index in [0.717, 1.165) is 33.3 Å². The summed E-state index contributed by atoms with van der Waals surface area (Å²) in [5.41, 5.74) is 5.30. The van der Waals surface area contributed by atoms with Crippen LogP contribution in [0.3, 0.4) is 0 Å². The number of carbonyl (C=O) groups is 2. The number of aliphatic hydroxyl groups excluding tert-OH is 1. The van der Waals surface area contributed by atoms with Gasteiger partial charge in [0, 0.05) is 38.4 Å².